The summed E-state index contributed by atoms with van der Waals surface area (Å²) in [6.45, 7) is 6.26. The maximum absolute atomic E-state index is 12.1. The second-order valence-electron chi connectivity index (χ2n) is 11.1. The lowest BCUT2D eigenvalue weighted by Crippen LogP contribution is -2.47. The molecule has 42 heavy (non-hydrogen) atoms. The number of rotatable bonds is 24. The van der Waals surface area contributed by atoms with E-state index < -0.39 is 49.2 Å². The number of imide groups is 1. The minimum atomic E-state index is -1.30. The van der Waals surface area contributed by atoms with Crippen LogP contribution in [0.4, 0.5) is 0 Å². The Bertz CT molecular complexity index is 833. The largest absolute Gasteiger partial charge is 0.396 e. The van der Waals surface area contributed by atoms with Crippen molar-refractivity contribution in [1.82, 2.24) is 10.2 Å². The quantitative estimate of drug-likeness (QED) is 0.0461. The third-order valence-corrected chi connectivity index (χ3v) is 6.82. The van der Waals surface area contributed by atoms with Crippen LogP contribution < -0.4 is 5.32 Å². The van der Waals surface area contributed by atoms with Crippen LogP contribution in [-0.2, 0) is 33.3 Å². The lowest BCUT2D eigenvalue weighted by molar-refractivity contribution is -0.231. The molecule has 6 N–H and O–H groups in total. The monoisotopic (exact) mass is 606 g/mol. The van der Waals surface area contributed by atoms with E-state index in [2.05, 4.69) is 5.32 Å². The van der Waals surface area contributed by atoms with Crippen molar-refractivity contribution in [2.24, 2.45) is 0 Å². The van der Waals surface area contributed by atoms with Crippen molar-refractivity contribution in [3.05, 3.63) is 12.2 Å². The van der Waals surface area contributed by atoms with Crippen LogP contribution in [0.3, 0.4) is 0 Å². The highest BCUT2D eigenvalue weighted by molar-refractivity contribution is 6.12. The fraction of sp³-hybridized carbons (Fsp3) is 0.821. The van der Waals surface area contributed by atoms with Gasteiger partial charge in [0.2, 0.25) is 5.91 Å². The predicted molar refractivity (Wildman–Crippen MR) is 150 cm³/mol. The number of nitrogens with one attached hydrogen (secondary N) is 1. The van der Waals surface area contributed by atoms with Gasteiger partial charge in [0.15, 0.2) is 12.6 Å². The van der Waals surface area contributed by atoms with Gasteiger partial charge in [0.25, 0.3) is 11.8 Å². The lowest BCUT2D eigenvalue weighted by atomic mass is 10.0. The molecule has 1 aliphatic rings. The highest BCUT2D eigenvalue weighted by atomic mass is 16.6. The van der Waals surface area contributed by atoms with Crippen LogP contribution >= 0.6 is 0 Å². The number of nitrogens with zero attached hydrogens (tertiary/aromatic N) is 1. The van der Waals surface area contributed by atoms with Crippen LogP contribution in [0.15, 0.2) is 12.2 Å². The van der Waals surface area contributed by atoms with Gasteiger partial charge in [0, 0.05) is 51.1 Å². The van der Waals surface area contributed by atoms with E-state index in [1.54, 1.807) is 27.7 Å². The normalized spacial score (nSPS) is 17.0. The SMILES string of the molecule is CC(C)(OCCC(O)OC(CO)C(C)(C)OCCNC(=O)CCCCCN1C(=O)C=CC1=O)C(CO)OC(O)CCO. The Balaban J connectivity index is 2.30. The van der Waals surface area contributed by atoms with Crippen LogP contribution in [-0.4, -0.2) is 130 Å². The molecule has 1 heterocycles. The predicted octanol–water partition coefficient (Wildman–Crippen LogP) is -0.657. The molecule has 14 nitrogen and oxygen atoms in total. The molecule has 244 valence electrons. The summed E-state index contributed by atoms with van der Waals surface area (Å²) in [6, 6.07) is 0. The number of ether oxygens (including phenoxy) is 4. The van der Waals surface area contributed by atoms with Gasteiger partial charge in [-0.25, -0.2) is 0 Å². The molecule has 0 spiro atoms. The zero-order valence-electron chi connectivity index (χ0n) is 25.2. The average molecular weight is 607 g/mol. The number of unbranched alkanes of at least 4 members (excludes halogenated alkanes) is 2. The lowest BCUT2D eigenvalue weighted by Gasteiger charge is -2.36. The zero-order chi connectivity index (χ0) is 31.8. The Labute approximate surface area is 247 Å². The second kappa shape index (κ2) is 19.3. The molecule has 0 aromatic heterocycles. The van der Waals surface area contributed by atoms with E-state index in [1.165, 1.54) is 17.1 Å². The Morgan fingerprint density at radius 1 is 0.833 bits per heavy atom. The number of aliphatic hydroxyl groups excluding tert-OH is 5. The number of hydrogen-bond acceptors (Lipinski definition) is 12. The van der Waals surface area contributed by atoms with Crippen LogP contribution in [0, 0.1) is 0 Å². The van der Waals surface area contributed by atoms with E-state index in [-0.39, 0.29) is 56.9 Å². The van der Waals surface area contributed by atoms with Crippen LogP contribution in [0.2, 0.25) is 0 Å². The molecule has 14 heteroatoms. The highest BCUT2D eigenvalue weighted by Gasteiger charge is 2.35. The molecule has 0 aliphatic carbocycles. The molecule has 0 aromatic rings. The average Bonchev–Trinajstić information content (AvgIpc) is 3.24. The highest BCUT2D eigenvalue weighted by Crippen LogP contribution is 2.22. The van der Waals surface area contributed by atoms with Crippen molar-refractivity contribution < 1.29 is 58.9 Å². The van der Waals surface area contributed by atoms with Crippen LogP contribution in [0.25, 0.3) is 0 Å². The van der Waals surface area contributed by atoms with Gasteiger partial charge in [0.1, 0.15) is 12.2 Å². The maximum Gasteiger partial charge on any atom is 0.253 e. The number of hydrogen-bond donors (Lipinski definition) is 6. The standard InChI is InChI=1S/C28H50N2O12/c1-27(2,20(18-32)41-25(37)11-15-31)39-16-12-26(38)42-21(19-33)28(3,4)40-17-13-29-22(34)8-6-5-7-14-30-23(35)9-10-24(30)36/h9-10,20-21,25-26,31-33,37-38H,5-8,11-19H2,1-4H3,(H,29,34). The van der Waals surface area contributed by atoms with E-state index in [0.29, 0.717) is 32.2 Å². The summed E-state index contributed by atoms with van der Waals surface area (Å²) in [4.78, 5) is 36.3. The molecule has 0 saturated heterocycles. The smallest absolute Gasteiger partial charge is 0.253 e. The molecule has 0 aromatic carbocycles. The molecule has 0 bridgehead atoms. The maximum atomic E-state index is 12.1. The van der Waals surface area contributed by atoms with Crippen molar-refractivity contribution in [2.45, 2.75) is 102 Å². The summed E-state index contributed by atoms with van der Waals surface area (Å²) < 4.78 is 22.5. The van der Waals surface area contributed by atoms with Crippen molar-refractivity contribution in [3.8, 4) is 0 Å². The fourth-order valence-electron chi connectivity index (χ4n) is 4.06. The van der Waals surface area contributed by atoms with Gasteiger partial charge in [-0.1, -0.05) is 6.42 Å². The Morgan fingerprint density at radius 3 is 1.88 bits per heavy atom. The fourth-order valence-corrected chi connectivity index (χ4v) is 4.06. The van der Waals surface area contributed by atoms with Gasteiger partial charge in [-0.2, -0.15) is 0 Å². The third-order valence-electron chi connectivity index (χ3n) is 6.82. The van der Waals surface area contributed by atoms with Gasteiger partial charge in [-0.15, -0.1) is 0 Å². The summed E-state index contributed by atoms with van der Waals surface area (Å²) in [6.07, 6.45) is 0.401. The Hall–Kier alpha value is -2.01. The summed E-state index contributed by atoms with van der Waals surface area (Å²) in [5.74, 6) is -0.779. The van der Waals surface area contributed by atoms with Crippen LogP contribution in [0.1, 0.15) is 66.2 Å². The molecular formula is C28H50N2O12. The minimum Gasteiger partial charge on any atom is -0.396 e. The first kappa shape index (κ1) is 38.0. The molecule has 0 radical (unpaired) electrons. The summed E-state index contributed by atoms with van der Waals surface area (Å²) >= 11 is 0. The van der Waals surface area contributed by atoms with Gasteiger partial charge in [-0.05, 0) is 40.5 Å². The van der Waals surface area contributed by atoms with E-state index in [4.69, 9.17) is 24.1 Å². The topological polar surface area (TPSA) is 205 Å². The summed E-state index contributed by atoms with van der Waals surface area (Å²) in [5.41, 5.74) is -2.03. The van der Waals surface area contributed by atoms with Gasteiger partial charge >= 0.3 is 0 Å². The van der Waals surface area contributed by atoms with Gasteiger partial charge in [-0.3, -0.25) is 19.3 Å². The second-order valence-corrected chi connectivity index (χ2v) is 11.1. The first-order chi connectivity index (χ1) is 19.8. The van der Waals surface area contributed by atoms with E-state index in [0.717, 1.165) is 0 Å². The van der Waals surface area contributed by atoms with Crippen molar-refractivity contribution in [1.29, 1.82) is 0 Å². The van der Waals surface area contributed by atoms with Crippen molar-refractivity contribution in [2.75, 3.05) is 46.1 Å². The molecule has 0 saturated carbocycles. The zero-order valence-corrected chi connectivity index (χ0v) is 25.2. The number of carbonyl (C=O) groups excluding carboxylic acids is 3. The van der Waals surface area contributed by atoms with Gasteiger partial charge in [0.05, 0.1) is 37.6 Å². The van der Waals surface area contributed by atoms with Gasteiger partial charge < -0.3 is 49.8 Å². The molecule has 4 atom stereocenters. The number of aliphatic hydroxyl groups is 5. The first-order valence-electron chi connectivity index (χ1n) is 14.3. The summed E-state index contributed by atoms with van der Waals surface area (Å²) in [7, 11) is 0. The van der Waals surface area contributed by atoms with E-state index in [9.17, 15) is 34.8 Å². The molecular weight excluding hydrogens is 556 g/mol. The van der Waals surface area contributed by atoms with E-state index >= 15 is 0 Å². The number of carbonyl (C=O) groups is 3. The third kappa shape index (κ3) is 14.0. The van der Waals surface area contributed by atoms with Crippen molar-refractivity contribution >= 4 is 17.7 Å². The summed E-state index contributed by atoms with van der Waals surface area (Å²) in [5, 5.41) is 51.2. The van der Waals surface area contributed by atoms with Crippen LogP contribution in [0.5, 0.6) is 0 Å². The molecule has 1 rings (SSSR count). The molecule has 1 aliphatic heterocycles. The number of amides is 3. The molecule has 3 amide bonds. The van der Waals surface area contributed by atoms with Crippen molar-refractivity contribution in [3.63, 3.8) is 0 Å². The molecule has 0 fully saturated rings. The Kier molecular flexibility index (Phi) is 17.5. The van der Waals surface area contributed by atoms with E-state index in [1.807, 2.05) is 0 Å². The Morgan fingerprint density at radius 2 is 1.36 bits per heavy atom. The molecule has 4 unspecified atom stereocenters. The minimum absolute atomic E-state index is 0.0149. The first-order valence-corrected chi connectivity index (χ1v) is 14.3.